The van der Waals surface area contributed by atoms with Gasteiger partial charge in [-0.15, -0.1) is 0 Å². The normalized spacial score (nSPS) is 11.6. The highest BCUT2D eigenvalue weighted by Gasteiger charge is 2.18. The first-order chi connectivity index (χ1) is 21.8. The van der Waals surface area contributed by atoms with E-state index in [0.29, 0.717) is 0 Å². The zero-order valence-electron chi connectivity index (χ0n) is 24.1. The van der Waals surface area contributed by atoms with Gasteiger partial charge in [-0.05, 0) is 65.2 Å². The maximum atomic E-state index is 2.42. The van der Waals surface area contributed by atoms with Gasteiger partial charge in [-0.25, -0.2) is 0 Å². The van der Waals surface area contributed by atoms with Crippen molar-refractivity contribution < 1.29 is 0 Å². The van der Waals surface area contributed by atoms with E-state index in [1.54, 1.807) is 0 Å². The molecule has 0 N–H and O–H groups in total. The molecule has 0 atom stereocenters. The van der Waals surface area contributed by atoms with E-state index < -0.39 is 0 Å². The average molecular weight is 561 g/mol. The van der Waals surface area contributed by atoms with Crippen molar-refractivity contribution >= 4 is 43.6 Å². The van der Waals surface area contributed by atoms with Crippen LogP contribution in [0.3, 0.4) is 0 Å². The minimum Gasteiger partial charge on any atom is -0.309 e. The zero-order chi connectivity index (χ0) is 29.0. The summed E-state index contributed by atoms with van der Waals surface area (Å²) >= 11 is 0. The number of aromatic nitrogens is 2. The lowest BCUT2D eigenvalue weighted by Gasteiger charge is -2.12. The van der Waals surface area contributed by atoms with Gasteiger partial charge in [0.2, 0.25) is 0 Å². The average Bonchev–Trinajstić information content (AvgIpc) is 3.61. The molecule has 2 heteroatoms. The molecule has 2 aromatic heterocycles. The van der Waals surface area contributed by atoms with Crippen LogP contribution in [0.4, 0.5) is 0 Å². The summed E-state index contributed by atoms with van der Waals surface area (Å²) in [6.07, 6.45) is 0. The molecule has 0 spiro atoms. The molecule has 0 aliphatic carbocycles. The van der Waals surface area contributed by atoms with Crippen molar-refractivity contribution in [1.82, 2.24) is 9.13 Å². The molecule has 0 amide bonds. The van der Waals surface area contributed by atoms with E-state index in [-0.39, 0.29) is 0 Å². The van der Waals surface area contributed by atoms with Gasteiger partial charge in [0.15, 0.2) is 0 Å². The van der Waals surface area contributed by atoms with Crippen LogP contribution in [-0.4, -0.2) is 9.13 Å². The van der Waals surface area contributed by atoms with E-state index in [1.165, 1.54) is 71.6 Å². The van der Waals surface area contributed by atoms with Crippen LogP contribution in [0.5, 0.6) is 0 Å². The molecule has 0 saturated heterocycles. The van der Waals surface area contributed by atoms with Gasteiger partial charge in [-0.2, -0.15) is 0 Å². The van der Waals surface area contributed by atoms with Crippen LogP contribution in [0.15, 0.2) is 170 Å². The highest BCUT2D eigenvalue weighted by atomic mass is 15.0. The Hall–Kier alpha value is -5.86. The Morgan fingerprint density at radius 3 is 1.64 bits per heavy atom. The highest BCUT2D eigenvalue weighted by Crippen LogP contribution is 2.40. The quantitative estimate of drug-likeness (QED) is 0.203. The minimum atomic E-state index is 1.16. The van der Waals surface area contributed by atoms with Crippen LogP contribution < -0.4 is 0 Å². The summed E-state index contributed by atoms with van der Waals surface area (Å²) in [6, 6.07) is 61.4. The topological polar surface area (TPSA) is 9.86 Å². The van der Waals surface area contributed by atoms with E-state index >= 15 is 0 Å². The predicted molar refractivity (Wildman–Crippen MR) is 186 cm³/mol. The van der Waals surface area contributed by atoms with Gasteiger partial charge in [0.05, 0.1) is 22.1 Å². The van der Waals surface area contributed by atoms with Crippen molar-refractivity contribution in [2.24, 2.45) is 0 Å². The van der Waals surface area contributed by atoms with Crippen LogP contribution in [0.1, 0.15) is 0 Å². The maximum Gasteiger partial charge on any atom is 0.0619 e. The Morgan fingerprint density at radius 2 is 0.864 bits per heavy atom. The van der Waals surface area contributed by atoms with Gasteiger partial charge < -0.3 is 9.13 Å². The van der Waals surface area contributed by atoms with Crippen LogP contribution >= 0.6 is 0 Å². The molecule has 0 unspecified atom stereocenters. The van der Waals surface area contributed by atoms with E-state index in [1.807, 2.05) is 0 Å². The molecule has 0 radical (unpaired) electrons. The molecule has 2 nitrogen and oxygen atoms in total. The van der Waals surface area contributed by atoms with Gasteiger partial charge >= 0.3 is 0 Å². The predicted octanol–water partition coefficient (Wildman–Crippen LogP) is 11.2. The lowest BCUT2D eigenvalue weighted by molar-refractivity contribution is 1.18. The molecular weight excluding hydrogens is 532 g/mol. The number of nitrogens with zero attached hydrogens (tertiary/aromatic N) is 2. The largest absolute Gasteiger partial charge is 0.309 e. The van der Waals surface area contributed by atoms with Crippen molar-refractivity contribution in [3.63, 3.8) is 0 Å². The summed E-state index contributed by atoms with van der Waals surface area (Å²) in [5, 5.41) is 5.05. The third kappa shape index (κ3) is 3.75. The second-order valence-corrected chi connectivity index (χ2v) is 11.4. The van der Waals surface area contributed by atoms with E-state index in [0.717, 1.165) is 5.69 Å². The van der Waals surface area contributed by atoms with Crippen molar-refractivity contribution in [2.45, 2.75) is 0 Å². The molecule has 9 rings (SSSR count). The van der Waals surface area contributed by atoms with Gasteiger partial charge in [0.1, 0.15) is 0 Å². The van der Waals surface area contributed by atoms with Crippen LogP contribution in [0.2, 0.25) is 0 Å². The Labute approximate surface area is 255 Å². The maximum absolute atomic E-state index is 2.42. The molecular formula is C42H28N2. The third-order valence-electron chi connectivity index (χ3n) is 8.91. The lowest BCUT2D eigenvalue weighted by Crippen LogP contribution is -1.95. The summed E-state index contributed by atoms with van der Waals surface area (Å²) in [4.78, 5) is 0. The number of para-hydroxylation sites is 4. The molecule has 7 aromatic carbocycles. The Kier molecular flexibility index (Phi) is 5.54. The SMILES string of the molecule is c1ccc(-c2cccc3c4cc(-c5ccc6c7ccccc7n(-c7ccccc7)c6c5)ccc4n(-c4ccccc4)c23)cc1. The third-order valence-corrected chi connectivity index (χ3v) is 8.91. The molecule has 0 bridgehead atoms. The smallest absolute Gasteiger partial charge is 0.0619 e. The van der Waals surface area contributed by atoms with Gasteiger partial charge in [0.25, 0.3) is 0 Å². The Morgan fingerprint density at radius 1 is 0.295 bits per heavy atom. The Bertz CT molecular complexity index is 2470. The minimum absolute atomic E-state index is 1.16. The molecule has 44 heavy (non-hydrogen) atoms. The molecule has 0 fully saturated rings. The van der Waals surface area contributed by atoms with Crippen LogP contribution in [-0.2, 0) is 0 Å². The molecule has 0 aliphatic heterocycles. The summed E-state index contributed by atoms with van der Waals surface area (Å²) in [5.41, 5.74) is 12.1. The summed E-state index contributed by atoms with van der Waals surface area (Å²) in [6.45, 7) is 0. The monoisotopic (exact) mass is 560 g/mol. The van der Waals surface area contributed by atoms with E-state index in [9.17, 15) is 0 Å². The molecule has 206 valence electrons. The number of fused-ring (bicyclic) bond motifs is 6. The van der Waals surface area contributed by atoms with E-state index in [4.69, 9.17) is 0 Å². The van der Waals surface area contributed by atoms with Crippen molar-refractivity contribution in [2.75, 3.05) is 0 Å². The summed E-state index contributed by atoms with van der Waals surface area (Å²) in [7, 11) is 0. The molecule has 2 heterocycles. The number of hydrogen-bond acceptors (Lipinski definition) is 0. The lowest BCUT2D eigenvalue weighted by atomic mass is 9.99. The van der Waals surface area contributed by atoms with Crippen molar-refractivity contribution in [3.8, 4) is 33.6 Å². The first-order valence-electron chi connectivity index (χ1n) is 15.1. The Balaban J connectivity index is 1.31. The molecule has 0 saturated carbocycles. The number of hydrogen-bond donors (Lipinski definition) is 0. The van der Waals surface area contributed by atoms with Crippen molar-refractivity contribution in [3.05, 3.63) is 170 Å². The number of rotatable bonds is 4. The van der Waals surface area contributed by atoms with Gasteiger partial charge in [0, 0.05) is 38.5 Å². The first-order valence-corrected chi connectivity index (χ1v) is 15.1. The summed E-state index contributed by atoms with van der Waals surface area (Å²) in [5.74, 6) is 0. The second kappa shape index (κ2) is 9.86. The standard InChI is InChI=1S/C42H28N2/c1-4-13-29(14-5-1)34-20-12-21-37-38-27-30(24-26-40(38)44(42(34)37)33-17-8-3-9-18-33)31-23-25-36-35-19-10-11-22-39(35)43(41(36)28-31)32-15-6-2-7-16-32/h1-28H. The first kappa shape index (κ1) is 24.7. The molecule has 0 aliphatic rings. The molecule has 9 aromatic rings. The van der Waals surface area contributed by atoms with E-state index in [2.05, 4.69) is 179 Å². The van der Waals surface area contributed by atoms with Crippen LogP contribution in [0, 0.1) is 0 Å². The number of benzene rings is 7. The second-order valence-electron chi connectivity index (χ2n) is 11.4. The fraction of sp³-hybridized carbons (Fsp3) is 0. The fourth-order valence-corrected chi connectivity index (χ4v) is 6.95. The highest BCUT2D eigenvalue weighted by molar-refractivity contribution is 6.15. The van der Waals surface area contributed by atoms with Crippen molar-refractivity contribution in [1.29, 1.82) is 0 Å². The van der Waals surface area contributed by atoms with Crippen LogP contribution in [0.25, 0.3) is 77.2 Å². The fourth-order valence-electron chi connectivity index (χ4n) is 6.95. The van der Waals surface area contributed by atoms with Gasteiger partial charge in [-0.3, -0.25) is 0 Å². The zero-order valence-corrected chi connectivity index (χ0v) is 24.1. The summed E-state index contributed by atoms with van der Waals surface area (Å²) < 4.78 is 4.81. The van der Waals surface area contributed by atoms with Gasteiger partial charge in [-0.1, -0.05) is 121 Å².